The number of aryl methyl sites for hydroxylation is 1. The molecule has 0 radical (unpaired) electrons. The van der Waals surface area contributed by atoms with E-state index in [4.69, 9.17) is 4.74 Å². The molecule has 0 amide bonds. The third kappa shape index (κ3) is 3.51. The summed E-state index contributed by atoms with van der Waals surface area (Å²) in [6.45, 7) is 2.94. The number of hydrogen-bond acceptors (Lipinski definition) is 4. The molecule has 0 saturated heterocycles. The van der Waals surface area contributed by atoms with Gasteiger partial charge in [0.05, 0.1) is 12.3 Å². The standard InChI is InChI=1S/C15H18FN3O/c1-3-13-14(16)15(19-10-18-13)17-8-11-5-4-6-12(7-11)9-20-2/h4-7,10H,3,8-9H2,1-2H3,(H,17,18,19). The Morgan fingerprint density at radius 3 is 2.80 bits per heavy atom. The molecular formula is C15H18FN3O. The van der Waals surface area contributed by atoms with Gasteiger partial charge in [0, 0.05) is 13.7 Å². The maximum Gasteiger partial charge on any atom is 0.186 e. The first-order chi connectivity index (χ1) is 9.74. The number of ether oxygens (including phenoxy) is 1. The Labute approximate surface area is 118 Å². The largest absolute Gasteiger partial charge is 0.380 e. The molecule has 4 nitrogen and oxygen atoms in total. The smallest absolute Gasteiger partial charge is 0.186 e. The molecule has 5 heteroatoms. The van der Waals surface area contributed by atoms with Crippen molar-refractivity contribution in [3.63, 3.8) is 0 Å². The van der Waals surface area contributed by atoms with Gasteiger partial charge in [0.25, 0.3) is 0 Å². The number of rotatable bonds is 6. The van der Waals surface area contributed by atoms with E-state index in [2.05, 4.69) is 15.3 Å². The molecule has 2 rings (SSSR count). The van der Waals surface area contributed by atoms with E-state index in [0.29, 0.717) is 25.3 Å². The molecule has 0 spiro atoms. The zero-order chi connectivity index (χ0) is 14.4. The van der Waals surface area contributed by atoms with Crippen LogP contribution in [0.5, 0.6) is 0 Å². The molecule has 0 aliphatic heterocycles. The molecule has 20 heavy (non-hydrogen) atoms. The van der Waals surface area contributed by atoms with Crippen molar-refractivity contribution in [1.29, 1.82) is 0 Å². The minimum atomic E-state index is -0.372. The monoisotopic (exact) mass is 275 g/mol. The molecule has 0 aliphatic rings. The van der Waals surface area contributed by atoms with Gasteiger partial charge in [0.1, 0.15) is 6.33 Å². The van der Waals surface area contributed by atoms with Gasteiger partial charge in [-0.1, -0.05) is 31.2 Å². The fourth-order valence-corrected chi connectivity index (χ4v) is 1.96. The molecule has 0 fully saturated rings. The minimum Gasteiger partial charge on any atom is -0.380 e. The van der Waals surface area contributed by atoms with Gasteiger partial charge in [0.2, 0.25) is 0 Å². The fraction of sp³-hybridized carbons (Fsp3) is 0.333. The van der Waals surface area contributed by atoms with Crippen molar-refractivity contribution in [3.05, 3.63) is 53.2 Å². The van der Waals surface area contributed by atoms with E-state index < -0.39 is 0 Å². The lowest BCUT2D eigenvalue weighted by Crippen LogP contribution is -2.07. The van der Waals surface area contributed by atoms with Crippen LogP contribution >= 0.6 is 0 Å². The number of anilines is 1. The number of aromatic nitrogens is 2. The highest BCUT2D eigenvalue weighted by molar-refractivity contribution is 5.38. The fourth-order valence-electron chi connectivity index (χ4n) is 1.96. The average Bonchev–Trinajstić information content (AvgIpc) is 2.47. The summed E-state index contributed by atoms with van der Waals surface area (Å²) in [6.07, 6.45) is 1.93. The van der Waals surface area contributed by atoms with E-state index in [1.54, 1.807) is 7.11 Å². The second kappa shape index (κ2) is 6.96. The summed E-state index contributed by atoms with van der Waals surface area (Å²) in [5.74, 6) is -0.128. The second-order valence-corrected chi connectivity index (χ2v) is 4.44. The summed E-state index contributed by atoms with van der Waals surface area (Å²) in [6, 6.07) is 7.95. The third-order valence-corrected chi connectivity index (χ3v) is 2.96. The van der Waals surface area contributed by atoms with Gasteiger partial charge >= 0.3 is 0 Å². The van der Waals surface area contributed by atoms with Crippen LogP contribution in [0.4, 0.5) is 10.2 Å². The lowest BCUT2D eigenvalue weighted by Gasteiger charge is -2.09. The molecule has 1 aromatic heterocycles. The molecule has 0 aliphatic carbocycles. The molecule has 0 unspecified atom stereocenters. The molecule has 2 aromatic rings. The van der Waals surface area contributed by atoms with E-state index in [9.17, 15) is 4.39 Å². The Kier molecular flexibility index (Phi) is 5.01. The molecule has 0 atom stereocenters. The topological polar surface area (TPSA) is 47.0 Å². The Morgan fingerprint density at radius 2 is 2.05 bits per heavy atom. The van der Waals surface area contributed by atoms with Crippen molar-refractivity contribution in [1.82, 2.24) is 9.97 Å². The molecule has 1 aromatic carbocycles. The predicted octanol–water partition coefficient (Wildman–Crippen LogP) is 2.94. The van der Waals surface area contributed by atoms with Crippen LogP contribution in [-0.2, 0) is 24.3 Å². The summed E-state index contributed by atoms with van der Waals surface area (Å²) in [7, 11) is 1.66. The van der Waals surface area contributed by atoms with Crippen LogP contribution in [0.1, 0.15) is 23.7 Å². The van der Waals surface area contributed by atoms with Gasteiger partial charge < -0.3 is 10.1 Å². The highest BCUT2D eigenvalue weighted by atomic mass is 19.1. The van der Waals surface area contributed by atoms with Crippen molar-refractivity contribution in [2.24, 2.45) is 0 Å². The molecule has 1 N–H and O–H groups in total. The third-order valence-electron chi connectivity index (χ3n) is 2.96. The lowest BCUT2D eigenvalue weighted by atomic mass is 10.1. The number of nitrogens with zero attached hydrogens (tertiary/aromatic N) is 2. The van der Waals surface area contributed by atoms with Crippen molar-refractivity contribution in [2.75, 3.05) is 12.4 Å². The van der Waals surface area contributed by atoms with E-state index in [1.807, 2.05) is 31.2 Å². The Hall–Kier alpha value is -2.01. The van der Waals surface area contributed by atoms with Crippen molar-refractivity contribution in [2.45, 2.75) is 26.5 Å². The van der Waals surface area contributed by atoms with Gasteiger partial charge in [-0.15, -0.1) is 0 Å². The lowest BCUT2D eigenvalue weighted by molar-refractivity contribution is 0.185. The van der Waals surface area contributed by atoms with Crippen LogP contribution in [-0.4, -0.2) is 17.1 Å². The van der Waals surface area contributed by atoms with Crippen LogP contribution in [0.25, 0.3) is 0 Å². The van der Waals surface area contributed by atoms with Crippen LogP contribution in [0, 0.1) is 5.82 Å². The van der Waals surface area contributed by atoms with E-state index >= 15 is 0 Å². The molecule has 106 valence electrons. The maximum atomic E-state index is 14.0. The number of methoxy groups -OCH3 is 1. The van der Waals surface area contributed by atoms with Crippen molar-refractivity contribution < 1.29 is 9.13 Å². The summed E-state index contributed by atoms with van der Waals surface area (Å²) in [5, 5.41) is 3.01. The molecule has 1 heterocycles. The SMILES string of the molecule is CCc1ncnc(NCc2cccc(COC)c2)c1F. The highest BCUT2D eigenvalue weighted by Gasteiger charge is 2.09. The summed E-state index contributed by atoms with van der Waals surface area (Å²) in [5.41, 5.74) is 2.57. The first-order valence-corrected chi connectivity index (χ1v) is 6.54. The number of halogens is 1. The van der Waals surface area contributed by atoms with Gasteiger partial charge in [-0.25, -0.2) is 14.4 Å². The van der Waals surface area contributed by atoms with Gasteiger partial charge in [-0.05, 0) is 17.5 Å². The maximum absolute atomic E-state index is 14.0. The number of nitrogens with one attached hydrogen (secondary N) is 1. The Morgan fingerprint density at radius 1 is 1.25 bits per heavy atom. The van der Waals surface area contributed by atoms with Crippen LogP contribution in [0.15, 0.2) is 30.6 Å². The van der Waals surface area contributed by atoms with E-state index in [1.165, 1.54) is 6.33 Å². The Balaban J connectivity index is 2.07. The van der Waals surface area contributed by atoms with E-state index in [0.717, 1.165) is 11.1 Å². The molecule has 0 saturated carbocycles. The van der Waals surface area contributed by atoms with Gasteiger partial charge in [-0.2, -0.15) is 0 Å². The zero-order valence-electron chi connectivity index (χ0n) is 11.7. The second-order valence-electron chi connectivity index (χ2n) is 4.44. The normalized spacial score (nSPS) is 10.6. The van der Waals surface area contributed by atoms with Gasteiger partial charge in [-0.3, -0.25) is 0 Å². The van der Waals surface area contributed by atoms with Gasteiger partial charge in [0.15, 0.2) is 11.6 Å². The first-order valence-electron chi connectivity index (χ1n) is 6.54. The number of hydrogen-bond donors (Lipinski definition) is 1. The quantitative estimate of drug-likeness (QED) is 0.880. The van der Waals surface area contributed by atoms with Crippen LogP contribution < -0.4 is 5.32 Å². The summed E-state index contributed by atoms with van der Waals surface area (Å²) < 4.78 is 19.1. The summed E-state index contributed by atoms with van der Waals surface area (Å²) >= 11 is 0. The Bertz CT molecular complexity index is 575. The molecular weight excluding hydrogens is 257 g/mol. The average molecular weight is 275 g/mol. The van der Waals surface area contributed by atoms with Crippen LogP contribution in [0.3, 0.4) is 0 Å². The zero-order valence-corrected chi connectivity index (χ0v) is 11.7. The van der Waals surface area contributed by atoms with E-state index in [-0.39, 0.29) is 11.6 Å². The minimum absolute atomic E-state index is 0.244. The molecule has 0 bridgehead atoms. The predicted molar refractivity (Wildman–Crippen MR) is 75.8 cm³/mol. The first kappa shape index (κ1) is 14.4. The van der Waals surface area contributed by atoms with Crippen molar-refractivity contribution in [3.8, 4) is 0 Å². The van der Waals surface area contributed by atoms with Crippen molar-refractivity contribution >= 4 is 5.82 Å². The number of benzene rings is 1. The van der Waals surface area contributed by atoms with Crippen LogP contribution in [0.2, 0.25) is 0 Å². The highest BCUT2D eigenvalue weighted by Crippen LogP contribution is 2.15. The summed E-state index contributed by atoms with van der Waals surface area (Å²) in [4.78, 5) is 7.85.